The maximum absolute atomic E-state index is 12.2. The lowest BCUT2D eigenvalue weighted by Gasteiger charge is -2.21. The molecule has 1 amide bonds. The van der Waals surface area contributed by atoms with Crippen LogP contribution in [0.15, 0.2) is 6.33 Å². The number of amides is 1. The summed E-state index contributed by atoms with van der Waals surface area (Å²) in [7, 11) is 3.09. The minimum Gasteiger partial charge on any atom is -0.481 e. The molecule has 0 radical (unpaired) electrons. The molecule has 0 saturated carbocycles. The van der Waals surface area contributed by atoms with Gasteiger partial charge in [-0.05, 0) is 19.8 Å². The van der Waals surface area contributed by atoms with E-state index in [1.165, 1.54) is 6.33 Å². The number of carbonyl (C=O) groups excluding carboxylic acids is 1. The minimum atomic E-state index is -0.266. The average Bonchev–Trinajstić information content (AvgIpc) is 3.05. The zero-order valence-corrected chi connectivity index (χ0v) is 12.8. The number of carbonyl (C=O) groups is 1. The molecule has 0 spiro atoms. The molecule has 1 fully saturated rings. The van der Waals surface area contributed by atoms with E-state index in [4.69, 9.17) is 9.47 Å². The van der Waals surface area contributed by atoms with Crippen molar-refractivity contribution in [2.75, 3.05) is 27.3 Å². The molecule has 2 heterocycles. The lowest BCUT2D eigenvalue weighted by molar-refractivity contribution is -0.132. The fourth-order valence-electron chi connectivity index (χ4n) is 2.44. The average molecular weight is 294 g/mol. The third kappa shape index (κ3) is 3.60. The minimum absolute atomic E-state index is 0.127. The van der Waals surface area contributed by atoms with Crippen LogP contribution in [0.2, 0.25) is 0 Å². The van der Waals surface area contributed by atoms with E-state index < -0.39 is 0 Å². The zero-order chi connectivity index (χ0) is 15.2. The fraction of sp³-hybridized carbons (Fsp3) is 0.643. The van der Waals surface area contributed by atoms with Gasteiger partial charge in [-0.25, -0.2) is 9.97 Å². The van der Waals surface area contributed by atoms with E-state index in [2.05, 4.69) is 15.3 Å². The number of ether oxygens (including phenoxy) is 2. The second-order valence-corrected chi connectivity index (χ2v) is 5.01. The number of hydrogen-bond acceptors (Lipinski definition) is 6. The molecule has 1 saturated heterocycles. The Morgan fingerprint density at radius 2 is 1.86 bits per heavy atom. The molecule has 1 aromatic heterocycles. The number of rotatable bonds is 6. The quantitative estimate of drug-likeness (QED) is 0.827. The molecule has 21 heavy (non-hydrogen) atoms. The molecule has 1 aliphatic heterocycles. The van der Waals surface area contributed by atoms with Crippen LogP contribution in [0.3, 0.4) is 0 Å². The smallest absolute Gasteiger partial charge is 0.239 e. The Morgan fingerprint density at radius 3 is 2.38 bits per heavy atom. The van der Waals surface area contributed by atoms with Crippen LogP contribution in [0.5, 0.6) is 11.8 Å². The Labute approximate surface area is 124 Å². The number of nitrogens with one attached hydrogen (secondary N) is 1. The van der Waals surface area contributed by atoms with Gasteiger partial charge in [-0.3, -0.25) is 4.79 Å². The molecule has 7 nitrogen and oxygen atoms in total. The number of aromatic nitrogens is 2. The van der Waals surface area contributed by atoms with E-state index in [0.717, 1.165) is 25.9 Å². The van der Waals surface area contributed by atoms with Crippen LogP contribution >= 0.6 is 0 Å². The molecule has 116 valence electrons. The van der Waals surface area contributed by atoms with Gasteiger partial charge < -0.3 is 19.7 Å². The van der Waals surface area contributed by atoms with E-state index in [0.29, 0.717) is 23.9 Å². The highest BCUT2D eigenvalue weighted by molar-refractivity contribution is 5.81. The molecule has 1 N–H and O–H groups in total. The highest BCUT2D eigenvalue weighted by Gasteiger charge is 2.23. The van der Waals surface area contributed by atoms with E-state index in [1.54, 1.807) is 14.2 Å². The molecule has 2 rings (SSSR count). The van der Waals surface area contributed by atoms with Gasteiger partial charge in [0.2, 0.25) is 17.7 Å². The lowest BCUT2D eigenvalue weighted by Crippen LogP contribution is -2.43. The molecule has 1 aromatic rings. The van der Waals surface area contributed by atoms with Crippen LogP contribution in [0, 0.1) is 0 Å². The normalized spacial score (nSPS) is 15.9. The van der Waals surface area contributed by atoms with Gasteiger partial charge in [-0.2, -0.15) is 0 Å². The van der Waals surface area contributed by atoms with Crippen LogP contribution < -0.4 is 14.8 Å². The molecule has 1 unspecified atom stereocenters. The lowest BCUT2D eigenvalue weighted by atomic mass is 10.2. The van der Waals surface area contributed by atoms with Crippen molar-refractivity contribution in [3.05, 3.63) is 11.9 Å². The van der Waals surface area contributed by atoms with Crippen molar-refractivity contribution < 1.29 is 14.3 Å². The van der Waals surface area contributed by atoms with Crippen LogP contribution in [-0.4, -0.2) is 54.1 Å². The predicted molar refractivity (Wildman–Crippen MR) is 77.3 cm³/mol. The van der Waals surface area contributed by atoms with Crippen molar-refractivity contribution in [1.29, 1.82) is 0 Å². The molecule has 7 heteroatoms. The van der Waals surface area contributed by atoms with Gasteiger partial charge in [0.1, 0.15) is 6.33 Å². The first kappa shape index (κ1) is 15.5. The summed E-state index contributed by atoms with van der Waals surface area (Å²) in [5.41, 5.74) is 0.712. The van der Waals surface area contributed by atoms with Gasteiger partial charge in [0.15, 0.2) is 0 Å². The summed E-state index contributed by atoms with van der Waals surface area (Å²) in [6.45, 7) is 3.98. The molecule has 1 aliphatic rings. The number of methoxy groups -OCH3 is 2. The van der Waals surface area contributed by atoms with Crippen molar-refractivity contribution in [3.63, 3.8) is 0 Å². The number of hydrogen-bond donors (Lipinski definition) is 1. The molecule has 1 atom stereocenters. The van der Waals surface area contributed by atoms with Gasteiger partial charge in [-0.15, -0.1) is 0 Å². The van der Waals surface area contributed by atoms with Gasteiger partial charge in [0.25, 0.3) is 0 Å². The Kier molecular flexibility index (Phi) is 5.32. The molecule has 0 bridgehead atoms. The van der Waals surface area contributed by atoms with Crippen molar-refractivity contribution in [1.82, 2.24) is 20.2 Å². The predicted octanol–water partition coefficient (Wildman–Crippen LogP) is 0.594. The number of likely N-dealkylation sites (tertiary alicyclic amines) is 1. The SMILES string of the molecule is COc1ncnc(OC)c1CNC(C)C(=O)N1CCCC1. The maximum Gasteiger partial charge on any atom is 0.239 e. The van der Waals surface area contributed by atoms with E-state index in [1.807, 2.05) is 11.8 Å². The Bertz CT molecular complexity index is 467. The first-order chi connectivity index (χ1) is 10.2. The van der Waals surface area contributed by atoms with Crippen molar-refractivity contribution in [2.45, 2.75) is 32.4 Å². The summed E-state index contributed by atoms with van der Waals surface area (Å²) < 4.78 is 10.4. The van der Waals surface area contributed by atoms with Crippen molar-refractivity contribution >= 4 is 5.91 Å². The first-order valence-electron chi connectivity index (χ1n) is 7.11. The van der Waals surface area contributed by atoms with Crippen LogP contribution in [0.25, 0.3) is 0 Å². The zero-order valence-electron chi connectivity index (χ0n) is 12.8. The largest absolute Gasteiger partial charge is 0.481 e. The van der Waals surface area contributed by atoms with E-state index in [-0.39, 0.29) is 11.9 Å². The highest BCUT2D eigenvalue weighted by Crippen LogP contribution is 2.23. The third-order valence-corrected chi connectivity index (χ3v) is 3.63. The van der Waals surface area contributed by atoms with E-state index in [9.17, 15) is 4.79 Å². The summed E-state index contributed by atoms with van der Waals surface area (Å²) in [6.07, 6.45) is 3.57. The summed E-state index contributed by atoms with van der Waals surface area (Å²) in [5.74, 6) is 1.03. The molecular formula is C14H22N4O3. The summed E-state index contributed by atoms with van der Waals surface area (Å²) in [5, 5.41) is 3.19. The topological polar surface area (TPSA) is 76.6 Å². The standard InChI is InChI=1S/C14H22N4O3/c1-10(14(19)18-6-4-5-7-18)15-8-11-12(20-2)16-9-17-13(11)21-3/h9-10,15H,4-8H2,1-3H3. The van der Waals surface area contributed by atoms with Crippen LogP contribution in [0.1, 0.15) is 25.3 Å². The molecule has 0 aromatic carbocycles. The second-order valence-electron chi connectivity index (χ2n) is 5.01. The van der Waals surface area contributed by atoms with Crippen molar-refractivity contribution in [2.24, 2.45) is 0 Å². The third-order valence-electron chi connectivity index (χ3n) is 3.63. The highest BCUT2D eigenvalue weighted by atomic mass is 16.5. The summed E-state index contributed by atoms with van der Waals surface area (Å²) in [4.78, 5) is 22.3. The Morgan fingerprint density at radius 1 is 1.29 bits per heavy atom. The van der Waals surface area contributed by atoms with E-state index >= 15 is 0 Å². The second kappa shape index (κ2) is 7.21. The fourth-order valence-corrected chi connectivity index (χ4v) is 2.44. The van der Waals surface area contributed by atoms with Crippen LogP contribution in [-0.2, 0) is 11.3 Å². The summed E-state index contributed by atoms with van der Waals surface area (Å²) >= 11 is 0. The van der Waals surface area contributed by atoms with Gasteiger partial charge in [0.05, 0.1) is 25.8 Å². The summed E-state index contributed by atoms with van der Waals surface area (Å²) in [6, 6.07) is -0.266. The molecular weight excluding hydrogens is 272 g/mol. The van der Waals surface area contributed by atoms with Gasteiger partial charge >= 0.3 is 0 Å². The van der Waals surface area contributed by atoms with Gasteiger partial charge in [-0.1, -0.05) is 0 Å². The Balaban J connectivity index is 2.00. The number of nitrogens with zero attached hydrogens (tertiary/aromatic N) is 3. The monoisotopic (exact) mass is 294 g/mol. The first-order valence-corrected chi connectivity index (χ1v) is 7.11. The van der Waals surface area contributed by atoms with Crippen molar-refractivity contribution in [3.8, 4) is 11.8 Å². The van der Waals surface area contributed by atoms with Crippen LogP contribution in [0.4, 0.5) is 0 Å². The van der Waals surface area contributed by atoms with Gasteiger partial charge in [0, 0.05) is 19.6 Å². The molecule has 0 aliphatic carbocycles. The maximum atomic E-state index is 12.2. The Hall–Kier alpha value is -1.89.